The molecular formula is C19H20ClNO4. The van der Waals surface area contributed by atoms with E-state index in [1.807, 2.05) is 36.4 Å². The third kappa shape index (κ3) is 5.50. The van der Waals surface area contributed by atoms with Gasteiger partial charge in [-0.25, -0.2) is 0 Å². The molecule has 0 saturated carbocycles. The van der Waals surface area contributed by atoms with E-state index in [1.54, 1.807) is 19.1 Å². The molecule has 0 atom stereocenters. The second-order valence-corrected chi connectivity index (χ2v) is 5.76. The number of benzene rings is 2. The maximum Gasteiger partial charge on any atom is 0.325 e. The molecule has 6 heteroatoms. The van der Waals surface area contributed by atoms with E-state index in [0.717, 1.165) is 11.1 Å². The van der Waals surface area contributed by atoms with Crippen LogP contribution in [0.2, 0.25) is 5.02 Å². The molecule has 0 aliphatic carbocycles. The zero-order chi connectivity index (χ0) is 18.2. The van der Waals surface area contributed by atoms with Crippen LogP contribution < -0.4 is 4.74 Å². The van der Waals surface area contributed by atoms with E-state index in [2.05, 4.69) is 0 Å². The van der Waals surface area contributed by atoms with Crippen molar-refractivity contribution in [3.05, 3.63) is 53.6 Å². The predicted octanol–water partition coefficient (Wildman–Crippen LogP) is 3.41. The highest BCUT2D eigenvalue weighted by Crippen LogP contribution is 2.30. The Labute approximate surface area is 152 Å². The molecule has 0 aliphatic heterocycles. The van der Waals surface area contributed by atoms with Gasteiger partial charge in [-0.1, -0.05) is 48.0 Å². The van der Waals surface area contributed by atoms with Gasteiger partial charge in [0, 0.05) is 7.05 Å². The van der Waals surface area contributed by atoms with Gasteiger partial charge in [-0.3, -0.25) is 9.59 Å². The number of hydrogen-bond acceptors (Lipinski definition) is 4. The summed E-state index contributed by atoms with van der Waals surface area (Å²) in [4.78, 5) is 24.6. The van der Waals surface area contributed by atoms with Crippen molar-refractivity contribution >= 4 is 23.5 Å². The first kappa shape index (κ1) is 18.8. The normalized spacial score (nSPS) is 10.2. The SMILES string of the molecule is CCOC(=O)CN(C)C(=O)COc1ccc(-c2ccccc2)cc1Cl. The quantitative estimate of drug-likeness (QED) is 0.709. The maximum absolute atomic E-state index is 12.0. The van der Waals surface area contributed by atoms with E-state index in [1.165, 1.54) is 11.9 Å². The minimum atomic E-state index is -0.455. The summed E-state index contributed by atoms with van der Waals surface area (Å²) < 4.78 is 10.3. The van der Waals surface area contributed by atoms with Crippen LogP contribution in [-0.4, -0.2) is 43.6 Å². The lowest BCUT2D eigenvalue weighted by Crippen LogP contribution is -2.36. The predicted molar refractivity (Wildman–Crippen MR) is 96.7 cm³/mol. The summed E-state index contributed by atoms with van der Waals surface area (Å²) in [5, 5.41) is 0.419. The van der Waals surface area contributed by atoms with Gasteiger partial charge in [0.05, 0.1) is 11.6 Å². The van der Waals surface area contributed by atoms with Gasteiger partial charge in [0.2, 0.25) is 0 Å². The van der Waals surface area contributed by atoms with Gasteiger partial charge in [0.1, 0.15) is 12.3 Å². The van der Waals surface area contributed by atoms with E-state index in [9.17, 15) is 9.59 Å². The number of amides is 1. The van der Waals surface area contributed by atoms with Crippen molar-refractivity contribution in [3.8, 4) is 16.9 Å². The van der Waals surface area contributed by atoms with Crippen molar-refractivity contribution < 1.29 is 19.1 Å². The number of hydrogen-bond donors (Lipinski definition) is 0. The maximum atomic E-state index is 12.0. The van der Waals surface area contributed by atoms with Crippen molar-refractivity contribution in [1.29, 1.82) is 0 Å². The summed E-state index contributed by atoms with van der Waals surface area (Å²) in [6, 6.07) is 15.2. The van der Waals surface area contributed by atoms with Crippen LogP contribution >= 0.6 is 11.6 Å². The van der Waals surface area contributed by atoms with Gasteiger partial charge in [-0.15, -0.1) is 0 Å². The van der Waals surface area contributed by atoms with E-state index in [0.29, 0.717) is 10.8 Å². The molecule has 5 nitrogen and oxygen atoms in total. The molecule has 2 aromatic rings. The zero-order valence-electron chi connectivity index (χ0n) is 14.2. The minimum absolute atomic E-state index is 0.114. The van der Waals surface area contributed by atoms with Crippen LogP contribution in [-0.2, 0) is 14.3 Å². The topological polar surface area (TPSA) is 55.8 Å². The number of halogens is 1. The molecule has 0 spiro atoms. The van der Waals surface area contributed by atoms with E-state index < -0.39 is 5.97 Å². The van der Waals surface area contributed by atoms with Crippen molar-refractivity contribution in [2.45, 2.75) is 6.92 Å². The minimum Gasteiger partial charge on any atom is -0.482 e. The van der Waals surface area contributed by atoms with E-state index in [-0.39, 0.29) is 25.7 Å². The first-order chi connectivity index (χ1) is 12.0. The number of carbonyl (C=O) groups is 2. The Hall–Kier alpha value is -2.53. The fourth-order valence-electron chi connectivity index (χ4n) is 2.17. The summed E-state index contributed by atoms with van der Waals surface area (Å²) in [7, 11) is 1.52. The second kappa shape index (κ2) is 9.08. The van der Waals surface area contributed by atoms with Crippen LogP contribution in [0.15, 0.2) is 48.5 Å². The van der Waals surface area contributed by atoms with Crippen LogP contribution in [0, 0.1) is 0 Å². The monoisotopic (exact) mass is 361 g/mol. The standard InChI is InChI=1S/C19H20ClNO4/c1-3-24-19(23)12-21(2)18(22)13-25-17-10-9-15(11-16(17)20)14-7-5-4-6-8-14/h4-11H,3,12-13H2,1-2H3. The molecule has 2 aromatic carbocycles. The molecule has 0 bridgehead atoms. The molecule has 0 aliphatic rings. The zero-order valence-corrected chi connectivity index (χ0v) is 15.0. The Kier molecular flexibility index (Phi) is 6.83. The molecule has 0 unspecified atom stereocenters. The van der Waals surface area contributed by atoms with Crippen molar-refractivity contribution in [2.75, 3.05) is 26.8 Å². The molecule has 2 rings (SSSR count). The highest BCUT2D eigenvalue weighted by molar-refractivity contribution is 6.32. The highest BCUT2D eigenvalue weighted by atomic mass is 35.5. The van der Waals surface area contributed by atoms with Gasteiger partial charge in [0.25, 0.3) is 5.91 Å². The number of esters is 1. The first-order valence-electron chi connectivity index (χ1n) is 7.88. The Morgan fingerprint density at radius 3 is 2.44 bits per heavy atom. The van der Waals surface area contributed by atoms with Gasteiger partial charge in [-0.2, -0.15) is 0 Å². The average Bonchev–Trinajstić information content (AvgIpc) is 2.61. The lowest BCUT2D eigenvalue weighted by atomic mass is 10.1. The van der Waals surface area contributed by atoms with Crippen molar-refractivity contribution in [1.82, 2.24) is 4.90 Å². The van der Waals surface area contributed by atoms with Gasteiger partial charge >= 0.3 is 5.97 Å². The molecule has 132 valence electrons. The van der Waals surface area contributed by atoms with Crippen molar-refractivity contribution in [2.24, 2.45) is 0 Å². The Morgan fingerprint density at radius 2 is 1.80 bits per heavy atom. The highest BCUT2D eigenvalue weighted by Gasteiger charge is 2.15. The van der Waals surface area contributed by atoms with Gasteiger partial charge in [0.15, 0.2) is 6.61 Å². The lowest BCUT2D eigenvalue weighted by molar-refractivity contribution is -0.148. The van der Waals surface area contributed by atoms with Gasteiger partial charge < -0.3 is 14.4 Å². The number of rotatable bonds is 7. The summed E-state index contributed by atoms with van der Waals surface area (Å²) in [5.41, 5.74) is 2.00. The number of ether oxygens (including phenoxy) is 2. The Balaban J connectivity index is 1.94. The number of nitrogens with zero attached hydrogens (tertiary/aromatic N) is 1. The second-order valence-electron chi connectivity index (χ2n) is 5.35. The molecule has 0 radical (unpaired) electrons. The van der Waals surface area contributed by atoms with E-state index >= 15 is 0 Å². The summed E-state index contributed by atoms with van der Waals surface area (Å²) in [6.07, 6.45) is 0. The number of likely N-dealkylation sites (N-methyl/N-ethyl adjacent to an activating group) is 1. The third-order valence-corrected chi connectivity index (χ3v) is 3.78. The van der Waals surface area contributed by atoms with Crippen LogP contribution in [0.1, 0.15) is 6.92 Å². The summed E-state index contributed by atoms with van der Waals surface area (Å²) in [5.74, 6) is -0.376. The molecule has 0 saturated heterocycles. The Bertz CT molecular complexity index is 733. The van der Waals surface area contributed by atoms with Crippen LogP contribution in [0.4, 0.5) is 0 Å². The molecule has 0 N–H and O–H groups in total. The molecular weight excluding hydrogens is 342 g/mol. The largest absolute Gasteiger partial charge is 0.482 e. The lowest BCUT2D eigenvalue weighted by Gasteiger charge is -2.17. The van der Waals surface area contributed by atoms with Crippen LogP contribution in [0.25, 0.3) is 11.1 Å². The smallest absolute Gasteiger partial charge is 0.325 e. The van der Waals surface area contributed by atoms with E-state index in [4.69, 9.17) is 21.1 Å². The fourth-order valence-corrected chi connectivity index (χ4v) is 2.40. The number of carbonyl (C=O) groups excluding carboxylic acids is 2. The molecule has 1 amide bonds. The van der Waals surface area contributed by atoms with Gasteiger partial charge in [-0.05, 0) is 30.2 Å². The van der Waals surface area contributed by atoms with Crippen LogP contribution in [0.3, 0.4) is 0 Å². The summed E-state index contributed by atoms with van der Waals surface area (Å²) >= 11 is 6.24. The molecule has 0 aromatic heterocycles. The average molecular weight is 362 g/mol. The molecule has 25 heavy (non-hydrogen) atoms. The van der Waals surface area contributed by atoms with Crippen molar-refractivity contribution in [3.63, 3.8) is 0 Å². The third-order valence-electron chi connectivity index (χ3n) is 3.49. The molecule has 0 fully saturated rings. The molecule has 0 heterocycles. The first-order valence-corrected chi connectivity index (χ1v) is 8.26. The fraction of sp³-hybridized carbons (Fsp3) is 0.263. The van der Waals surface area contributed by atoms with Crippen LogP contribution in [0.5, 0.6) is 5.75 Å². The Morgan fingerprint density at radius 1 is 1.08 bits per heavy atom. The summed E-state index contributed by atoms with van der Waals surface area (Å²) in [6.45, 7) is 1.67.